The largest absolute Gasteiger partial charge is 0.392 e. The predicted octanol–water partition coefficient (Wildman–Crippen LogP) is 1.70. The van der Waals surface area contributed by atoms with Gasteiger partial charge in [0.1, 0.15) is 0 Å². The standard InChI is InChI=1S/C12H14BrN3O3S/c1-8(10-5-14-15-6-10)16-20(18,19)12-3-2-9(7-17)4-11(12)13/h2-6,8,16-17H,7H2,1H3,(H,14,15). The number of halogens is 1. The first-order valence-corrected chi connectivity index (χ1v) is 8.12. The number of nitrogens with zero attached hydrogens (tertiary/aromatic N) is 1. The molecule has 2 rings (SSSR count). The van der Waals surface area contributed by atoms with Crippen molar-refractivity contribution in [2.75, 3.05) is 0 Å². The molecule has 1 unspecified atom stereocenters. The van der Waals surface area contributed by atoms with Gasteiger partial charge in [-0.05, 0) is 40.5 Å². The third-order valence-electron chi connectivity index (χ3n) is 2.82. The van der Waals surface area contributed by atoms with Gasteiger partial charge < -0.3 is 5.11 Å². The summed E-state index contributed by atoms with van der Waals surface area (Å²) in [5, 5.41) is 15.5. The highest BCUT2D eigenvalue weighted by Crippen LogP contribution is 2.25. The first-order valence-electron chi connectivity index (χ1n) is 5.84. The lowest BCUT2D eigenvalue weighted by Crippen LogP contribution is -2.27. The minimum absolute atomic E-state index is 0.130. The van der Waals surface area contributed by atoms with E-state index in [9.17, 15) is 8.42 Å². The van der Waals surface area contributed by atoms with Crippen LogP contribution in [-0.4, -0.2) is 23.7 Å². The molecule has 0 amide bonds. The minimum atomic E-state index is -3.66. The van der Waals surface area contributed by atoms with Gasteiger partial charge in [0.15, 0.2) is 0 Å². The van der Waals surface area contributed by atoms with E-state index in [1.165, 1.54) is 6.07 Å². The molecule has 1 heterocycles. The third-order valence-corrected chi connectivity index (χ3v) is 5.34. The average molecular weight is 360 g/mol. The maximum absolute atomic E-state index is 12.3. The Hall–Kier alpha value is -1.22. The Balaban J connectivity index is 2.27. The number of aliphatic hydroxyl groups is 1. The zero-order valence-corrected chi connectivity index (χ0v) is 13.1. The van der Waals surface area contributed by atoms with E-state index in [0.717, 1.165) is 5.56 Å². The summed E-state index contributed by atoms with van der Waals surface area (Å²) in [7, 11) is -3.66. The number of aromatic nitrogens is 2. The van der Waals surface area contributed by atoms with Crippen LogP contribution in [0.25, 0.3) is 0 Å². The van der Waals surface area contributed by atoms with Crippen molar-refractivity contribution in [1.29, 1.82) is 0 Å². The van der Waals surface area contributed by atoms with E-state index in [-0.39, 0.29) is 11.5 Å². The molecule has 2 aromatic rings. The van der Waals surface area contributed by atoms with Crippen molar-refractivity contribution in [3.8, 4) is 0 Å². The Labute approximate surface area is 125 Å². The first kappa shape index (κ1) is 15.2. The molecule has 0 spiro atoms. The van der Waals surface area contributed by atoms with Crippen LogP contribution < -0.4 is 4.72 Å². The lowest BCUT2D eigenvalue weighted by molar-refractivity contribution is 0.281. The highest BCUT2D eigenvalue weighted by atomic mass is 79.9. The number of sulfonamides is 1. The van der Waals surface area contributed by atoms with Gasteiger partial charge in [0.05, 0.1) is 17.7 Å². The summed E-state index contributed by atoms with van der Waals surface area (Å²) in [4.78, 5) is 0.130. The molecule has 20 heavy (non-hydrogen) atoms. The zero-order chi connectivity index (χ0) is 14.8. The van der Waals surface area contributed by atoms with E-state index in [1.807, 2.05) is 0 Å². The van der Waals surface area contributed by atoms with Crippen LogP contribution in [0.1, 0.15) is 24.1 Å². The number of aliphatic hydroxyl groups excluding tert-OH is 1. The molecule has 0 aliphatic carbocycles. The molecule has 0 saturated carbocycles. The Morgan fingerprint density at radius 1 is 1.50 bits per heavy atom. The average Bonchev–Trinajstić information content (AvgIpc) is 2.91. The molecule has 0 aliphatic rings. The van der Waals surface area contributed by atoms with E-state index in [0.29, 0.717) is 10.0 Å². The molecule has 1 aromatic heterocycles. The Kier molecular flexibility index (Phi) is 4.59. The van der Waals surface area contributed by atoms with E-state index < -0.39 is 16.1 Å². The molecule has 8 heteroatoms. The van der Waals surface area contributed by atoms with Crippen molar-refractivity contribution in [3.05, 3.63) is 46.2 Å². The summed E-state index contributed by atoms with van der Waals surface area (Å²) >= 11 is 3.21. The van der Waals surface area contributed by atoms with E-state index >= 15 is 0 Å². The maximum atomic E-state index is 12.3. The van der Waals surface area contributed by atoms with Crippen LogP contribution in [0.4, 0.5) is 0 Å². The summed E-state index contributed by atoms with van der Waals surface area (Å²) in [5.41, 5.74) is 1.38. The van der Waals surface area contributed by atoms with Gasteiger partial charge in [-0.1, -0.05) is 6.07 Å². The van der Waals surface area contributed by atoms with Crippen LogP contribution >= 0.6 is 15.9 Å². The van der Waals surface area contributed by atoms with E-state index in [4.69, 9.17) is 5.11 Å². The Morgan fingerprint density at radius 3 is 2.80 bits per heavy atom. The van der Waals surface area contributed by atoms with Gasteiger partial charge in [0, 0.05) is 22.3 Å². The molecule has 0 radical (unpaired) electrons. The topological polar surface area (TPSA) is 95.1 Å². The van der Waals surface area contributed by atoms with Crippen molar-refractivity contribution < 1.29 is 13.5 Å². The number of hydrogen-bond donors (Lipinski definition) is 3. The maximum Gasteiger partial charge on any atom is 0.242 e. The van der Waals surface area contributed by atoms with Gasteiger partial charge in [-0.25, -0.2) is 13.1 Å². The molecule has 3 N–H and O–H groups in total. The third kappa shape index (κ3) is 3.26. The van der Waals surface area contributed by atoms with E-state index in [1.54, 1.807) is 31.5 Å². The van der Waals surface area contributed by atoms with Gasteiger partial charge >= 0.3 is 0 Å². The van der Waals surface area contributed by atoms with Gasteiger partial charge in [0.25, 0.3) is 0 Å². The lowest BCUT2D eigenvalue weighted by Gasteiger charge is -2.14. The van der Waals surface area contributed by atoms with Crippen LogP contribution in [0.2, 0.25) is 0 Å². The van der Waals surface area contributed by atoms with Crippen molar-refractivity contribution in [2.45, 2.75) is 24.5 Å². The second-order valence-corrected chi connectivity index (χ2v) is 6.83. The van der Waals surface area contributed by atoms with Crippen molar-refractivity contribution in [1.82, 2.24) is 14.9 Å². The summed E-state index contributed by atoms with van der Waals surface area (Å²) in [6, 6.07) is 4.21. The minimum Gasteiger partial charge on any atom is -0.392 e. The van der Waals surface area contributed by atoms with Crippen LogP contribution in [0.15, 0.2) is 40.0 Å². The Morgan fingerprint density at radius 2 is 2.25 bits per heavy atom. The quantitative estimate of drug-likeness (QED) is 0.757. The fourth-order valence-electron chi connectivity index (χ4n) is 1.72. The van der Waals surface area contributed by atoms with Crippen LogP contribution in [0.3, 0.4) is 0 Å². The second kappa shape index (κ2) is 6.04. The first-order chi connectivity index (χ1) is 9.44. The molecule has 108 valence electrons. The molecule has 1 aromatic carbocycles. The summed E-state index contributed by atoms with van der Waals surface area (Å²) < 4.78 is 27.6. The van der Waals surface area contributed by atoms with Crippen LogP contribution in [-0.2, 0) is 16.6 Å². The number of benzene rings is 1. The normalized spacial score (nSPS) is 13.3. The molecule has 6 nitrogen and oxygen atoms in total. The smallest absolute Gasteiger partial charge is 0.242 e. The highest BCUT2D eigenvalue weighted by Gasteiger charge is 2.21. The number of hydrogen-bond acceptors (Lipinski definition) is 4. The van der Waals surface area contributed by atoms with Crippen molar-refractivity contribution in [3.63, 3.8) is 0 Å². The van der Waals surface area contributed by atoms with Gasteiger partial charge in [-0.15, -0.1) is 0 Å². The van der Waals surface area contributed by atoms with Gasteiger partial charge in [-0.2, -0.15) is 5.10 Å². The predicted molar refractivity (Wildman–Crippen MR) is 77.4 cm³/mol. The number of H-pyrrole nitrogens is 1. The fourth-order valence-corrected chi connectivity index (χ4v) is 4.08. The monoisotopic (exact) mass is 359 g/mol. The molecule has 0 bridgehead atoms. The van der Waals surface area contributed by atoms with Crippen molar-refractivity contribution in [2.24, 2.45) is 0 Å². The molecule has 0 aliphatic heterocycles. The molecular weight excluding hydrogens is 346 g/mol. The lowest BCUT2D eigenvalue weighted by atomic mass is 10.2. The van der Waals surface area contributed by atoms with Crippen LogP contribution in [0.5, 0.6) is 0 Å². The molecule has 1 atom stereocenters. The summed E-state index contributed by atoms with van der Waals surface area (Å²) in [6.45, 7) is 1.59. The molecular formula is C12H14BrN3O3S. The van der Waals surface area contributed by atoms with Gasteiger partial charge in [0.2, 0.25) is 10.0 Å². The highest BCUT2D eigenvalue weighted by molar-refractivity contribution is 9.10. The summed E-state index contributed by atoms with van der Waals surface area (Å²) in [6.07, 6.45) is 3.20. The zero-order valence-electron chi connectivity index (χ0n) is 10.7. The molecule has 0 fully saturated rings. The summed E-state index contributed by atoms with van der Waals surface area (Å²) in [5.74, 6) is 0. The van der Waals surface area contributed by atoms with Crippen LogP contribution in [0, 0.1) is 0 Å². The number of aromatic amines is 1. The Bertz CT molecular complexity index is 686. The van der Waals surface area contributed by atoms with Crippen molar-refractivity contribution >= 4 is 26.0 Å². The number of nitrogens with one attached hydrogen (secondary N) is 2. The SMILES string of the molecule is CC(NS(=O)(=O)c1ccc(CO)cc1Br)c1cn[nH]c1. The van der Waals surface area contributed by atoms with Gasteiger partial charge in [-0.3, -0.25) is 5.10 Å². The number of rotatable bonds is 5. The fraction of sp³-hybridized carbons (Fsp3) is 0.250. The van der Waals surface area contributed by atoms with E-state index in [2.05, 4.69) is 30.8 Å². The second-order valence-electron chi connectivity index (χ2n) is 4.30. The molecule has 0 saturated heterocycles.